The van der Waals surface area contributed by atoms with E-state index in [2.05, 4.69) is 18.4 Å². The molecular weight excluding hydrogens is 226 g/mol. The van der Waals surface area contributed by atoms with Crippen LogP contribution in [0.15, 0.2) is 11.4 Å². The van der Waals surface area contributed by atoms with Crippen molar-refractivity contribution in [3.8, 4) is 0 Å². The fraction of sp³-hybridized carbons (Fsp3) is 0.733. The van der Waals surface area contributed by atoms with Gasteiger partial charge < -0.3 is 5.73 Å². The second-order valence-corrected chi connectivity index (χ2v) is 7.62. The zero-order valence-electron chi connectivity index (χ0n) is 10.5. The van der Waals surface area contributed by atoms with E-state index in [-0.39, 0.29) is 5.54 Å². The summed E-state index contributed by atoms with van der Waals surface area (Å²) in [5.41, 5.74) is 8.37. The number of aryl methyl sites for hydroxylation is 1. The molecule has 1 aromatic heterocycles. The van der Waals surface area contributed by atoms with E-state index in [0.717, 1.165) is 23.7 Å². The average molecular weight is 247 g/mol. The highest BCUT2D eigenvalue weighted by molar-refractivity contribution is 7.10. The zero-order chi connectivity index (χ0) is 11.6. The smallest absolute Gasteiger partial charge is 0.0454 e. The molecule has 1 aromatic rings. The normalized spacial score (nSPS) is 47.6. The van der Waals surface area contributed by atoms with Crippen molar-refractivity contribution in [2.75, 3.05) is 0 Å². The van der Waals surface area contributed by atoms with Crippen molar-refractivity contribution in [3.63, 3.8) is 0 Å². The summed E-state index contributed by atoms with van der Waals surface area (Å²) >= 11 is 1.86. The van der Waals surface area contributed by atoms with E-state index in [1.165, 1.54) is 42.5 Å². The third kappa shape index (κ3) is 1.23. The quantitative estimate of drug-likeness (QED) is 0.805. The van der Waals surface area contributed by atoms with E-state index in [9.17, 15) is 0 Å². The van der Waals surface area contributed by atoms with Gasteiger partial charge in [-0.2, -0.15) is 0 Å². The molecule has 0 saturated heterocycles. The van der Waals surface area contributed by atoms with Gasteiger partial charge in [-0.05, 0) is 73.3 Å². The lowest BCUT2D eigenvalue weighted by atomic mass is 9.68. The summed E-state index contributed by atoms with van der Waals surface area (Å²) in [6.45, 7) is 2.24. The Kier molecular flexibility index (Phi) is 2.09. The Morgan fingerprint density at radius 3 is 2.94 bits per heavy atom. The second kappa shape index (κ2) is 3.36. The zero-order valence-corrected chi connectivity index (χ0v) is 11.3. The van der Waals surface area contributed by atoms with Gasteiger partial charge in [-0.15, -0.1) is 11.3 Å². The lowest BCUT2D eigenvalue weighted by molar-refractivity contribution is 0.156. The van der Waals surface area contributed by atoms with Crippen molar-refractivity contribution in [3.05, 3.63) is 21.9 Å². The molecule has 4 rings (SSSR count). The number of fused-ring (bicyclic) bond motifs is 5. The van der Waals surface area contributed by atoms with Crippen LogP contribution in [0.25, 0.3) is 0 Å². The van der Waals surface area contributed by atoms with E-state index in [1.807, 2.05) is 11.3 Å². The number of thiophene rings is 1. The highest BCUT2D eigenvalue weighted by Crippen LogP contribution is 2.64. The largest absolute Gasteiger partial charge is 0.321 e. The summed E-state index contributed by atoms with van der Waals surface area (Å²) < 4.78 is 0. The van der Waals surface area contributed by atoms with Crippen molar-refractivity contribution < 1.29 is 0 Å². The van der Waals surface area contributed by atoms with Gasteiger partial charge in [0.2, 0.25) is 0 Å². The molecule has 1 nitrogen and oxygen atoms in total. The maximum atomic E-state index is 6.87. The SMILES string of the molecule is Cc1sccc1C1(N)CC2CC1C1CCCC21. The third-order valence-electron chi connectivity index (χ3n) is 5.93. The molecule has 0 aromatic carbocycles. The molecule has 5 unspecified atom stereocenters. The molecule has 0 spiro atoms. The summed E-state index contributed by atoms with van der Waals surface area (Å²) in [5, 5.41) is 2.22. The molecule has 0 radical (unpaired) electrons. The van der Waals surface area contributed by atoms with Crippen molar-refractivity contribution in [2.24, 2.45) is 29.4 Å². The van der Waals surface area contributed by atoms with Crippen LogP contribution in [0.1, 0.15) is 42.5 Å². The van der Waals surface area contributed by atoms with Gasteiger partial charge in [0, 0.05) is 10.4 Å². The first-order valence-corrected chi connectivity index (χ1v) is 7.91. The fourth-order valence-electron chi connectivity index (χ4n) is 5.37. The molecule has 5 atom stereocenters. The Balaban J connectivity index is 1.75. The van der Waals surface area contributed by atoms with Crippen LogP contribution < -0.4 is 5.73 Å². The molecule has 3 fully saturated rings. The Hall–Kier alpha value is -0.340. The minimum absolute atomic E-state index is 0.0280. The van der Waals surface area contributed by atoms with Gasteiger partial charge in [0.25, 0.3) is 0 Å². The Bertz CT molecular complexity index is 452. The van der Waals surface area contributed by atoms with Crippen molar-refractivity contribution in [1.82, 2.24) is 0 Å². The molecule has 17 heavy (non-hydrogen) atoms. The molecule has 2 N–H and O–H groups in total. The Morgan fingerprint density at radius 1 is 1.35 bits per heavy atom. The Labute approximate surface area is 107 Å². The molecule has 2 bridgehead atoms. The molecular formula is C15H21NS. The number of hydrogen-bond acceptors (Lipinski definition) is 2. The van der Waals surface area contributed by atoms with Crippen LogP contribution in [-0.2, 0) is 5.54 Å². The van der Waals surface area contributed by atoms with Crippen LogP contribution in [0.4, 0.5) is 0 Å². The average Bonchev–Trinajstić information content (AvgIpc) is 2.95. The van der Waals surface area contributed by atoms with Crippen molar-refractivity contribution in [2.45, 2.75) is 44.6 Å². The van der Waals surface area contributed by atoms with Crippen LogP contribution in [0.2, 0.25) is 0 Å². The lowest BCUT2D eigenvalue weighted by Crippen LogP contribution is -2.46. The molecule has 92 valence electrons. The first-order valence-electron chi connectivity index (χ1n) is 7.03. The number of hydrogen-bond donors (Lipinski definition) is 1. The standard InChI is InChI=1S/C15H21NS/c1-9-13(5-6-17-9)15(16)8-10-7-14(15)12-4-2-3-11(10)12/h5-6,10-12,14H,2-4,7-8,16H2,1H3. The van der Waals surface area contributed by atoms with Crippen LogP contribution >= 0.6 is 11.3 Å². The monoisotopic (exact) mass is 247 g/mol. The Morgan fingerprint density at radius 2 is 2.18 bits per heavy atom. The van der Waals surface area contributed by atoms with Gasteiger partial charge >= 0.3 is 0 Å². The molecule has 3 aliphatic carbocycles. The van der Waals surface area contributed by atoms with Crippen molar-refractivity contribution >= 4 is 11.3 Å². The van der Waals surface area contributed by atoms with Crippen LogP contribution in [-0.4, -0.2) is 0 Å². The summed E-state index contributed by atoms with van der Waals surface area (Å²) in [7, 11) is 0. The van der Waals surface area contributed by atoms with Gasteiger partial charge in [-0.3, -0.25) is 0 Å². The highest BCUT2D eigenvalue weighted by Gasteiger charge is 2.60. The van der Waals surface area contributed by atoms with E-state index in [1.54, 1.807) is 0 Å². The minimum atomic E-state index is 0.0280. The summed E-state index contributed by atoms with van der Waals surface area (Å²) in [5.74, 6) is 3.72. The second-order valence-electron chi connectivity index (χ2n) is 6.50. The molecule has 2 heteroatoms. The van der Waals surface area contributed by atoms with Crippen molar-refractivity contribution in [1.29, 1.82) is 0 Å². The summed E-state index contributed by atoms with van der Waals surface area (Å²) in [4.78, 5) is 1.45. The van der Waals surface area contributed by atoms with Gasteiger partial charge in [0.1, 0.15) is 0 Å². The summed E-state index contributed by atoms with van der Waals surface area (Å²) in [6, 6.07) is 2.30. The molecule has 1 heterocycles. The lowest BCUT2D eigenvalue weighted by Gasteiger charge is -2.40. The molecule has 3 aliphatic rings. The van der Waals surface area contributed by atoms with Gasteiger partial charge in [-0.1, -0.05) is 6.42 Å². The molecule has 3 saturated carbocycles. The third-order valence-corrected chi connectivity index (χ3v) is 6.77. The summed E-state index contributed by atoms with van der Waals surface area (Å²) in [6.07, 6.45) is 7.08. The number of rotatable bonds is 1. The van der Waals surface area contributed by atoms with Gasteiger partial charge in [0.15, 0.2) is 0 Å². The predicted molar refractivity (Wildman–Crippen MR) is 72.0 cm³/mol. The van der Waals surface area contributed by atoms with Crippen LogP contribution in [0.3, 0.4) is 0 Å². The minimum Gasteiger partial charge on any atom is -0.321 e. The fourth-order valence-corrected chi connectivity index (χ4v) is 6.16. The van der Waals surface area contributed by atoms with Crippen LogP contribution in [0.5, 0.6) is 0 Å². The van der Waals surface area contributed by atoms with Gasteiger partial charge in [0.05, 0.1) is 0 Å². The van der Waals surface area contributed by atoms with E-state index in [0.29, 0.717) is 0 Å². The highest BCUT2D eigenvalue weighted by atomic mass is 32.1. The van der Waals surface area contributed by atoms with E-state index in [4.69, 9.17) is 5.73 Å². The topological polar surface area (TPSA) is 26.0 Å². The molecule has 0 amide bonds. The van der Waals surface area contributed by atoms with E-state index >= 15 is 0 Å². The first-order chi connectivity index (χ1) is 8.20. The van der Waals surface area contributed by atoms with Gasteiger partial charge in [-0.25, -0.2) is 0 Å². The predicted octanol–water partition coefficient (Wildman–Crippen LogP) is 3.67. The van der Waals surface area contributed by atoms with E-state index < -0.39 is 0 Å². The first kappa shape index (κ1) is 10.6. The maximum Gasteiger partial charge on any atom is 0.0454 e. The number of nitrogens with two attached hydrogens (primary N) is 1. The maximum absolute atomic E-state index is 6.87. The molecule has 0 aliphatic heterocycles. The van der Waals surface area contributed by atoms with Crippen LogP contribution in [0, 0.1) is 30.6 Å².